The highest BCUT2D eigenvalue weighted by Gasteiger charge is 2.17. The second kappa shape index (κ2) is 5.51. The first-order chi connectivity index (χ1) is 5.88. The molecular weight excluding hydrogens is 150 g/mol. The zero-order valence-corrected chi connectivity index (χ0v) is 8.27. The molecule has 0 aliphatic carbocycles. The van der Waals surface area contributed by atoms with Crippen LogP contribution in [0, 0.1) is 0 Å². The molecule has 0 aromatic rings. The van der Waals surface area contributed by atoms with Crippen molar-refractivity contribution in [2.24, 2.45) is 0 Å². The molecule has 0 radical (unpaired) electrons. The third kappa shape index (κ3) is 2.73. The van der Waals surface area contributed by atoms with Crippen LogP contribution in [-0.2, 0) is 0 Å². The lowest BCUT2D eigenvalue weighted by molar-refractivity contribution is 0.155. The van der Waals surface area contributed by atoms with E-state index in [0.29, 0.717) is 6.17 Å². The van der Waals surface area contributed by atoms with Crippen LogP contribution in [0.25, 0.3) is 0 Å². The van der Waals surface area contributed by atoms with Crippen molar-refractivity contribution in [3.8, 4) is 0 Å². The van der Waals surface area contributed by atoms with Crippen molar-refractivity contribution in [3.63, 3.8) is 0 Å². The number of hydrogen-bond acceptors (Lipinski definition) is 3. The van der Waals surface area contributed by atoms with Gasteiger partial charge in [0, 0.05) is 19.6 Å². The predicted octanol–water partition coefficient (Wildman–Crippen LogP) is 0.237. The third-order valence-corrected chi connectivity index (χ3v) is 2.38. The summed E-state index contributed by atoms with van der Waals surface area (Å²) in [5.74, 6) is 0. The average Bonchev–Trinajstić information content (AvgIpc) is 2.15. The molecule has 1 atom stereocenters. The molecule has 1 unspecified atom stereocenters. The van der Waals surface area contributed by atoms with E-state index in [4.69, 9.17) is 0 Å². The summed E-state index contributed by atoms with van der Waals surface area (Å²) in [6, 6.07) is 0. The third-order valence-electron chi connectivity index (χ3n) is 2.38. The minimum absolute atomic E-state index is 0.559. The molecule has 2 N–H and O–H groups in total. The summed E-state index contributed by atoms with van der Waals surface area (Å²) in [6.45, 7) is 10.1. The van der Waals surface area contributed by atoms with E-state index >= 15 is 0 Å². The van der Waals surface area contributed by atoms with Gasteiger partial charge < -0.3 is 5.32 Å². The summed E-state index contributed by atoms with van der Waals surface area (Å²) >= 11 is 0. The smallest absolute Gasteiger partial charge is 0.0726 e. The molecule has 3 nitrogen and oxygen atoms in total. The Morgan fingerprint density at radius 2 is 2.17 bits per heavy atom. The van der Waals surface area contributed by atoms with Crippen LogP contribution in [0.15, 0.2) is 0 Å². The predicted molar refractivity (Wildman–Crippen MR) is 52.2 cm³/mol. The molecule has 1 rings (SSSR count). The van der Waals surface area contributed by atoms with Gasteiger partial charge in [-0.1, -0.05) is 13.8 Å². The number of nitrogens with zero attached hydrogens (tertiary/aromatic N) is 1. The summed E-state index contributed by atoms with van der Waals surface area (Å²) < 4.78 is 0. The molecule has 1 heterocycles. The Balaban J connectivity index is 2.29. The van der Waals surface area contributed by atoms with Gasteiger partial charge in [-0.15, -0.1) is 0 Å². The molecule has 0 amide bonds. The fourth-order valence-corrected chi connectivity index (χ4v) is 1.72. The molecule has 1 aliphatic rings. The van der Waals surface area contributed by atoms with Crippen LogP contribution in [0.5, 0.6) is 0 Å². The standard InChI is InChI=1S/C9H21N3/c1-3-7-12(4-2)9-8-10-5-6-11-9/h9-11H,3-8H2,1-2H3. The SMILES string of the molecule is CCCN(CC)C1CNCCN1. The van der Waals surface area contributed by atoms with Gasteiger partial charge in [-0.25, -0.2) is 0 Å². The summed E-state index contributed by atoms with van der Waals surface area (Å²) in [4.78, 5) is 2.49. The van der Waals surface area contributed by atoms with Gasteiger partial charge in [0.1, 0.15) is 0 Å². The van der Waals surface area contributed by atoms with Crippen molar-refractivity contribution < 1.29 is 0 Å². The molecule has 1 saturated heterocycles. The second-order valence-corrected chi connectivity index (χ2v) is 3.30. The molecule has 12 heavy (non-hydrogen) atoms. The van der Waals surface area contributed by atoms with Crippen LogP contribution in [0.3, 0.4) is 0 Å². The van der Waals surface area contributed by atoms with Gasteiger partial charge in [-0.2, -0.15) is 0 Å². The Labute approximate surface area is 75.5 Å². The second-order valence-electron chi connectivity index (χ2n) is 3.30. The van der Waals surface area contributed by atoms with Crippen LogP contribution in [0.1, 0.15) is 20.3 Å². The monoisotopic (exact) mass is 171 g/mol. The maximum Gasteiger partial charge on any atom is 0.0726 e. The van der Waals surface area contributed by atoms with Gasteiger partial charge in [0.15, 0.2) is 0 Å². The minimum Gasteiger partial charge on any atom is -0.313 e. The zero-order valence-electron chi connectivity index (χ0n) is 8.27. The van der Waals surface area contributed by atoms with E-state index in [9.17, 15) is 0 Å². The Kier molecular flexibility index (Phi) is 4.58. The first kappa shape index (κ1) is 9.96. The fourth-order valence-electron chi connectivity index (χ4n) is 1.72. The van der Waals surface area contributed by atoms with E-state index < -0.39 is 0 Å². The number of likely N-dealkylation sites (N-methyl/N-ethyl adjacent to an activating group) is 1. The molecule has 0 bridgehead atoms. The molecule has 1 aliphatic heterocycles. The summed E-state index contributed by atoms with van der Waals surface area (Å²) in [5, 5.41) is 6.92. The van der Waals surface area contributed by atoms with Crippen molar-refractivity contribution >= 4 is 0 Å². The van der Waals surface area contributed by atoms with E-state index in [2.05, 4.69) is 29.4 Å². The van der Waals surface area contributed by atoms with E-state index in [1.807, 2.05) is 0 Å². The Hall–Kier alpha value is -0.120. The summed E-state index contributed by atoms with van der Waals surface area (Å²) in [7, 11) is 0. The lowest BCUT2D eigenvalue weighted by atomic mass is 10.3. The lowest BCUT2D eigenvalue weighted by Gasteiger charge is -2.34. The largest absolute Gasteiger partial charge is 0.313 e. The Morgan fingerprint density at radius 1 is 1.33 bits per heavy atom. The van der Waals surface area contributed by atoms with Gasteiger partial charge in [0.25, 0.3) is 0 Å². The van der Waals surface area contributed by atoms with E-state index in [1.54, 1.807) is 0 Å². The average molecular weight is 171 g/mol. The highest BCUT2D eigenvalue weighted by molar-refractivity contribution is 4.75. The van der Waals surface area contributed by atoms with Crippen LogP contribution >= 0.6 is 0 Å². The number of hydrogen-bond donors (Lipinski definition) is 2. The molecule has 0 saturated carbocycles. The van der Waals surface area contributed by atoms with Crippen LogP contribution in [-0.4, -0.2) is 43.8 Å². The molecule has 0 aromatic heterocycles. The zero-order chi connectivity index (χ0) is 8.81. The van der Waals surface area contributed by atoms with E-state index in [0.717, 1.165) is 26.2 Å². The number of rotatable bonds is 4. The molecule has 72 valence electrons. The Bertz CT molecular complexity index is 108. The van der Waals surface area contributed by atoms with Gasteiger partial charge in [0.2, 0.25) is 0 Å². The molecule has 0 aromatic carbocycles. The first-order valence-electron chi connectivity index (χ1n) is 5.06. The van der Waals surface area contributed by atoms with Crippen molar-refractivity contribution in [1.82, 2.24) is 15.5 Å². The molecule has 1 fully saturated rings. The quantitative estimate of drug-likeness (QED) is 0.634. The highest BCUT2D eigenvalue weighted by Crippen LogP contribution is 1.98. The normalized spacial score (nSPS) is 24.8. The molecular formula is C9H21N3. The minimum atomic E-state index is 0.559. The van der Waals surface area contributed by atoms with Crippen LogP contribution < -0.4 is 10.6 Å². The van der Waals surface area contributed by atoms with Gasteiger partial charge >= 0.3 is 0 Å². The summed E-state index contributed by atoms with van der Waals surface area (Å²) in [5.41, 5.74) is 0. The summed E-state index contributed by atoms with van der Waals surface area (Å²) in [6.07, 6.45) is 1.80. The maximum absolute atomic E-state index is 3.52. The van der Waals surface area contributed by atoms with Crippen molar-refractivity contribution in [2.45, 2.75) is 26.4 Å². The van der Waals surface area contributed by atoms with Gasteiger partial charge in [-0.3, -0.25) is 10.2 Å². The van der Waals surface area contributed by atoms with Crippen LogP contribution in [0.4, 0.5) is 0 Å². The Morgan fingerprint density at radius 3 is 2.67 bits per heavy atom. The van der Waals surface area contributed by atoms with Gasteiger partial charge in [-0.05, 0) is 19.5 Å². The van der Waals surface area contributed by atoms with Crippen molar-refractivity contribution in [2.75, 3.05) is 32.7 Å². The molecule has 0 spiro atoms. The number of piperazine rings is 1. The van der Waals surface area contributed by atoms with Crippen molar-refractivity contribution in [3.05, 3.63) is 0 Å². The topological polar surface area (TPSA) is 27.3 Å². The lowest BCUT2D eigenvalue weighted by Crippen LogP contribution is -2.57. The van der Waals surface area contributed by atoms with E-state index in [-0.39, 0.29) is 0 Å². The van der Waals surface area contributed by atoms with Crippen LogP contribution in [0.2, 0.25) is 0 Å². The fraction of sp³-hybridized carbons (Fsp3) is 1.00. The highest BCUT2D eigenvalue weighted by atomic mass is 15.3. The van der Waals surface area contributed by atoms with E-state index in [1.165, 1.54) is 13.0 Å². The van der Waals surface area contributed by atoms with Gasteiger partial charge in [0.05, 0.1) is 6.17 Å². The van der Waals surface area contributed by atoms with Crippen molar-refractivity contribution in [1.29, 1.82) is 0 Å². The molecule has 3 heteroatoms. The number of nitrogens with one attached hydrogen (secondary N) is 2. The first-order valence-corrected chi connectivity index (χ1v) is 5.06. The maximum atomic E-state index is 3.52.